The van der Waals surface area contributed by atoms with Gasteiger partial charge in [0.15, 0.2) is 0 Å². The third-order valence-electron chi connectivity index (χ3n) is 4.49. The zero-order valence-electron chi connectivity index (χ0n) is 13.2. The maximum absolute atomic E-state index is 9.90. The zero-order valence-corrected chi connectivity index (χ0v) is 13.2. The minimum Gasteiger partial charge on any atom is -0.392 e. The molecule has 1 fully saturated rings. The van der Waals surface area contributed by atoms with Crippen LogP contribution in [0.1, 0.15) is 84.5 Å². The van der Waals surface area contributed by atoms with Crippen molar-refractivity contribution in [2.24, 2.45) is 5.92 Å². The lowest BCUT2D eigenvalue weighted by molar-refractivity contribution is 0.118. The van der Waals surface area contributed by atoms with Crippen LogP contribution in [-0.2, 0) is 0 Å². The Morgan fingerprint density at radius 1 is 0.842 bits per heavy atom. The summed E-state index contributed by atoms with van der Waals surface area (Å²) in [5.74, 6) is 0.360. The molecule has 0 spiro atoms. The van der Waals surface area contributed by atoms with Crippen molar-refractivity contribution in [2.45, 2.75) is 96.6 Å². The summed E-state index contributed by atoms with van der Waals surface area (Å²) in [6, 6.07) is 0.632. The van der Waals surface area contributed by atoms with Gasteiger partial charge in [0.25, 0.3) is 0 Å². The maximum atomic E-state index is 9.90. The first-order chi connectivity index (χ1) is 9.20. The third kappa shape index (κ3) is 8.65. The molecule has 0 aliphatic heterocycles. The van der Waals surface area contributed by atoms with Crippen LogP contribution in [0.4, 0.5) is 0 Å². The molecule has 1 rings (SSSR count). The third-order valence-corrected chi connectivity index (χ3v) is 4.49. The topological polar surface area (TPSA) is 32.3 Å². The molecule has 0 amide bonds. The van der Waals surface area contributed by atoms with Crippen LogP contribution in [0.3, 0.4) is 0 Å². The maximum Gasteiger partial charge on any atom is 0.0687 e. The van der Waals surface area contributed by atoms with Crippen molar-refractivity contribution in [3.63, 3.8) is 0 Å². The van der Waals surface area contributed by atoms with Crippen molar-refractivity contribution in [3.8, 4) is 0 Å². The lowest BCUT2D eigenvalue weighted by Crippen LogP contribution is -2.37. The first-order valence-corrected chi connectivity index (χ1v) is 8.61. The van der Waals surface area contributed by atoms with Crippen molar-refractivity contribution < 1.29 is 5.11 Å². The molecule has 1 unspecified atom stereocenters. The molecule has 2 nitrogen and oxygen atoms in total. The summed E-state index contributed by atoms with van der Waals surface area (Å²) in [6.45, 7) is 4.95. The fourth-order valence-electron chi connectivity index (χ4n) is 2.89. The van der Waals surface area contributed by atoms with Gasteiger partial charge in [-0.2, -0.15) is 0 Å². The molecule has 2 heteroatoms. The van der Waals surface area contributed by atoms with Crippen molar-refractivity contribution in [2.75, 3.05) is 6.54 Å². The highest BCUT2D eigenvalue weighted by atomic mass is 16.3. The smallest absolute Gasteiger partial charge is 0.0687 e. The predicted octanol–water partition coefficient (Wildman–Crippen LogP) is 4.27. The highest BCUT2D eigenvalue weighted by Gasteiger charge is 2.13. The lowest BCUT2D eigenvalue weighted by atomic mass is 9.97. The molecule has 114 valence electrons. The van der Waals surface area contributed by atoms with Gasteiger partial charge in [-0.25, -0.2) is 0 Å². The first-order valence-electron chi connectivity index (χ1n) is 8.61. The average molecular weight is 269 g/mol. The fourth-order valence-corrected chi connectivity index (χ4v) is 2.89. The molecule has 0 bridgehead atoms. The van der Waals surface area contributed by atoms with Gasteiger partial charge >= 0.3 is 0 Å². The van der Waals surface area contributed by atoms with Crippen molar-refractivity contribution >= 4 is 0 Å². The van der Waals surface area contributed by atoms with Crippen molar-refractivity contribution in [3.05, 3.63) is 0 Å². The van der Waals surface area contributed by atoms with Gasteiger partial charge < -0.3 is 10.4 Å². The highest BCUT2D eigenvalue weighted by Crippen LogP contribution is 2.17. The van der Waals surface area contributed by atoms with Gasteiger partial charge in [-0.3, -0.25) is 0 Å². The van der Waals surface area contributed by atoms with Crippen LogP contribution in [0.5, 0.6) is 0 Å². The number of hydrogen-bond donors (Lipinski definition) is 2. The Labute approximate surface area is 120 Å². The average Bonchev–Trinajstić information content (AvgIpc) is 2.37. The predicted molar refractivity (Wildman–Crippen MR) is 83.4 cm³/mol. The quantitative estimate of drug-likeness (QED) is 0.799. The van der Waals surface area contributed by atoms with E-state index in [4.69, 9.17) is 0 Å². The molecular weight excluding hydrogens is 234 g/mol. The Kier molecular flexibility index (Phi) is 9.54. The van der Waals surface area contributed by atoms with Crippen LogP contribution < -0.4 is 5.32 Å². The van der Waals surface area contributed by atoms with E-state index in [1.54, 1.807) is 0 Å². The van der Waals surface area contributed by atoms with Crippen LogP contribution in [-0.4, -0.2) is 23.8 Å². The zero-order chi connectivity index (χ0) is 13.9. The standard InChI is InChI=1S/C17H35NO/c1-15(2)17(19)14-18-16-12-10-8-6-4-3-5-7-9-11-13-16/h15-19H,3-14H2,1-2H3. The Balaban J connectivity index is 2.26. The summed E-state index contributed by atoms with van der Waals surface area (Å²) < 4.78 is 0. The van der Waals surface area contributed by atoms with E-state index in [0.717, 1.165) is 6.54 Å². The molecule has 1 saturated carbocycles. The van der Waals surface area contributed by atoms with Crippen LogP contribution in [0.15, 0.2) is 0 Å². The molecule has 19 heavy (non-hydrogen) atoms. The summed E-state index contributed by atoms with van der Waals surface area (Å²) in [5, 5.41) is 13.5. The first kappa shape index (κ1) is 17.0. The van der Waals surface area contributed by atoms with Gasteiger partial charge in [0.1, 0.15) is 0 Å². The summed E-state index contributed by atoms with van der Waals surface area (Å²) in [6.07, 6.45) is 15.1. The Hall–Kier alpha value is -0.0800. The monoisotopic (exact) mass is 269 g/mol. The summed E-state index contributed by atoms with van der Waals surface area (Å²) in [7, 11) is 0. The molecule has 0 aromatic heterocycles. The van der Waals surface area contributed by atoms with Crippen LogP contribution in [0.2, 0.25) is 0 Å². The molecule has 0 aromatic rings. The Bertz CT molecular complexity index is 193. The normalized spacial score (nSPS) is 22.7. The number of rotatable bonds is 4. The van der Waals surface area contributed by atoms with Crippen molar-refractivity contribution in [1.29, 1.82) is 0 Å². The SMILES string of the molecule is CC(C)C(O)CNC1CCCCCCCCCCC1. The number of aliphatic hydroxyl groups excluding tert-OH is 1. The highest BCUT2D eigenvalue weighted by molar-refractivity contribution is 4.72. The Morgan fingerprint density at radius 2 is 1.26 bits per heavy atom. The van der Waals surface area contributed by atoms with Crippen LogP contribution >= 0.6 is 0 Å². The van der Waals surface area contributed by atoms with Gasteiger partial charge in [-0.05, 0) is 18.8 Å². The second-order valence-corrected chi connectivity index (χ2v) is 6.68. The van der Waals surface area contributed by atoms with Crippen LogP contribution in [0, 0.1) is 5.92 Å². The molecule has 0 heterocycles. The second-order valence-electron chi connectivity index (χ2n) is 6.68. The van der Waals surface area contributed by atoms with Crippen molar-refractivity contribution in [1.82, 2.24) is 5.32 Å². The molecule has 1 atom stereocenters. The van der Waals surface area contributed by atoms with Gasteiger partial charge in [0.05, 0.1) is 6.10 Å². The van der Waals surface area contributed by atoms with E-state index >= 15 is 0 Å². The van der Waals surface area contributed by atoms with E-state index in [9.17, 15) is 5.11 Å². The lowest BCUT2D eigenvalue weighted by Gasteiger charge is -2.23. The molecule has 2 N–H and O–H groups in total. The molecule has 0 aromatic carbocycles. The molecule has 1 aliphatic rings. The molecule has 0 radical (unpaired) electrons. The molecule has 1 aliphatic carbocycles. The van der Waals surface area contributed by atoms with E-state index in [1.807, 2.05) is 0 Å². The van der Waals surface area contributed by atoms with E-state index in [1.165, 1.54) is 70.6 Å². The van der Waals surface area contributed by atoms with E-state index in [-0.39, 0.29) is 6.10 Å². The summed E-state index contributed by atoms with van der Waals surface area (Å²) in [4.78, 5) is 0. The van der Waals surface area contributed by atoms with Gasteiger partial charge in [0.2, 0.25) is 0 Å². The minimum absolute atomic E-state index is 0.193. The van der Waals surface area contributed by atoms with Gasteiger partial charge in [-0.1, -0.05) is 71.6 Å². The molecular formula is C17H35NO. The number of nitrogens with one attached hydrogen (secondary N) is 1. The second kappa shape index (κ2) is 10.7. The largest absolute Gasteiger partial charge is 0.392 e. The van der Waals surface area contributed by atoms with Gasteiger partial charge in [-0.15, -0.1) is 0 Å². The van der Waals surface area contributed by atoms with E-state index in [2.05, 4.69) is 19.2 Å². The van der Waals surface area contributed by atoms with Gasteiger partial charge in [0, 0.05) is 12.6 Å². The Morgan fingerprint density at radius 3 is 1.68 bits per heavy atom. The minimum atomic E-state index is -0.193. The van der Waals surface area contributed by atoms with Crippen LogP contribution in [0.25, 0.3) is 0 Å². The molecule has 0 saturated heterocycles. The van der Waals surface area contributed by atoms with E-state index in [0.29, 0.717) is 12.0 Å². The summed E-state index contributed by atoms with van der Waals surface area (Å²) >= 11 is 0. The van der Waals surface area contributed by atoms with E-state index < -0.39 is 0 Å². The number of hydrogen-bond acceptors (Lipinski definition) is 2. The number of aliphatic hydroxyl groups is 1. The fraction of sp³-hybridized carbons (Fsp3) is 1.00. The summed E-state index contributed by atoms with van der Waals surface area (Å²) in [5.41, 5.74) is 0.